The topological polar surface area (TPSA) is 149 Å². The van der Waals surface area contributed by atoms with Crippen LogP contribution in [-0.2, 0) is 28.7 Å². The van der Waals surface area contributed by atoms with Crippen LogP contribution < -0.4 is 16.4 Å². The van der Waals surface area contributed by atoms with E-state index in [9.17, 15) is 19.2 Å². The molecule has 4 N–H and O–H groups in total. The third-order valence-electron chi connectivity index (χ3n) is 5.24. The van der Waals surface area contributed by atoms with Gasteiger partial charge in [0.15, 0.2) is 0 Å². The lowest BCUT2D eigenvalue weighted by Crippen LogP contribution is -2.61. The van der Waals surface area contributed by atoms with Crippen LogP contribution in [0.4, 0.5) is 5.69 Å². The lowest BCUT2D eigenvalue weighted by atomic mass is 9.89. The molecular formula is C19H23ClN4O6. The molecule has 2 heterocycles. The highest BCUT2D eigenvalue weighted by Gasteiger charge is 2.88. The van der Waals surface area contributed by atoms with E-state index in [0.29, 0.717) is 24.5 Å². The maximum absolute atomic E-state index is 13.2. The van der Waals surface area contributed by atoms with Gasteiger partial charge in [0.1, 0.15) is 0 Å². The van der Waals surface area contributed by atoms with Gasteiger partial charge in [-0.3, -0.25) is 14.4 Å². The van der Waals surface area contributed by atoms with Crippen molar-refractivity contribution < 1.29 is 28.7 Å². The fraction of sp³-hybridized carbons (Fsp3) is 0.474. The second-order valence-electron chi connectivity index (χ2n) is 7.06. The Morgan fingerprint density at radius 3 is 2.20 bits per heavy atom. The highest BCUT2D eigenvalue weighted by atomic mass is 35.5. The number of rotatable bonds is 7. The summed E-state index contributed by atoms with van der Waals surface area (Å²) in [5.74, 6) is -4.65. The van der Waals surface area contributed by atoms with Crippen molar-refractivity contribution in [1.82, 2.24) is 4.90 Å². The molecule has 2 aliphatic heterocycles. The number of esters is 1. The normalized spacial score (nSPS) is 25.5. The molecule has 3 rings (SSSR count). The maximum Gasteiger partial charge on any atom is 0.352 e. The van der Waals surface area contributed by atoms with Gasteiger partial charge in [0.25, 0.3) is 28.9 Å². The predicted octanol–water partition coefficient (Wildman–Crippen LogP) is -0.580. The number of carbonyl (C=O) groups is 4. The molecule has 0 radical (unpaired) electrons. The number of benzene rings is 1. The van der Waals surface area contributed by atoms with Crippen molar-refractivity contribution in [3.8, 4) is 0 Å². The molecule has 0 saturated carbocycles. The number of piperazine rings is 1. The molecule has 2 aliphatic rings. The number of hydrogen-bond donors (Lipinski definition) is 2. The first-order valence-electron chi connectivity index (χ1n) is 9.48. The Labute approximate surface area is 178 Å². The minimum atomic E-state index is -2.55. The van der Waals surface area contributed by atoms with Gasteiger partial charge < -0.3 is 30.7 Å². The van der Waals surface area contributed by atoms with E-state index in [2.05, 4.69) is 0 Å². The van der Waals surface area contributed by atoms with E-state index >= 15 is 0 Å². The first-order valence-corrected chi connectivity index (χ1v) is 9.86. The molecule has 0 spiro atoms. The highest BCUT2D eigenvalue weighted by molar-refractivity contribution is 6.33. The Morgan fingerprint density at radius 2 is 1.67 bits per heavy atom. The summed E-state index contributed by atoms with van der Waals surface area (Å²) in [6, 6.07) is 7.28. The van der Waals surface area contributed by atoms with Crippen LogP contribution in [0.25, 0.3) is 0 Å². The van der Waals surface area contributed by atoms with E-state index in [1.807, 2.05) is 23.1 Å². The molecule has 162 valence electrons. The van der Waals surface area contributed by atoms with Gasteiger partial charge in [0, 0.05) is 26.2 Å². The fourth-order valence-corrected chi connectivity index (χ4v) is 3.87. The number of ether oxygens (including phenoxy) is 2. The van der Waals surface area contributed by atoms with E-state index in [1.54, 1.807) is 13.0 Å². The molecule has 0 bridgehead atoms. The molecule has 0 aromatic heterocycles. The Kier molecular flexibility index (Phi) is 5.91. The largest absolute Gasteiger partial charge is 0.463 e. The second kappa shape index (κ2) is 8.11. The SMILES string of the molecule is CCCOC(=O)C1(C(N)=O)OC1(C(N)=O)C(=O)N1CCN(c2ccccc2Cl)CC1. The zero-order valence-electron chi connectivity index (χ0n) is 16.4. The van der Waals surface area contributed by atoms with Gasteiger partial charge in [-0.15, -0.1) is 0 Å². The molecular weight excluding hydrogens is 416 g/mol. The first kappa shape index (κ1) is 21.8. The van der Waals surface area contributed by atoms with Gasteiger partial charge in [0.05, 0.1) is 17.3 Å². The van der Waals surface area contributed by atoms with E-state index in [1.165, 1.54) is 4.90 Å². The van der Waals surface area contributed by atoms with Gasteiger partial charge in [0.2, 0.25) is 0 Å². The summed E-state index contributed by atoms with van der Waals surface area (Å²) in [6.07, 6.45) is 0.460. The van der Waals surface area contributed by atoms with E-state index in [4.69, 9.17) is 32.5 Å². The van der Waals surface area contributed by atoms with Crippen LogP contribution in [0.3, 0.4) is 0 Å². The number of amides is 3. The Morgan fingerprint density at radius 1 is 1.07 bits per heavy atom. The maximum atomic E-state index is 13.2. The summed E-state index contributed by atoms with van der Waals surface area (Å²) in [4.78, 5) is 53.2. The standard InChI is InChI=1S/C19H23ClN4O6/c1-2-11-29-17(28)19(15(22)26)18(30-19,14(21)25)16(27)24-9-7-23(8-10-24)13-6-4-3-5-12(13)20/h3-6H,2,7-11H2,1H3,(H2,21,25)(H2,22,26). The minimum absolute atomic E-state index is 0.0310. The minimum Gasteiger partial charge on any atom is -0.463 e. The zero-order chi connectivity index (χ0) is 22.1. The van der Waals surface area contributed by atoms with E-state index in [-0.39, 0.29) is 19.7 Å². The van der Waals surface area contributed by atoms with Gasteiger partial charge in [-0.25, -0.2) is 4.79 Å². The molecule has 11 heteroatoms. The van der Waals surface area contributed by atoms with Crippen LogP contribution in [0.1, 0.15) is 13.3 Å². The van der Waals surface area contributed by atoms with Crippen molar-refractivity contribution in [3.05, 3.63) is 29.3 Å². The number of carbonyl (C=O) groups excluding carboxylic acids is 4. The van der Waals surface area contributed by atoms with Crippen molar-refractivity contribution in [2.45, 2.75) is 24.5 Å². The summed E-state index contributed by atoms with van der Waals surface area (Å²) in [7, 11) is 0. The highest BCUT2D eigenvalue weighted by Crippen LogP contribution is 2.50. The van der Waals surface area contributed by atoms with Crippen molar-refractivity contribution >= 4 is 41.0 Å². The Bertz CT molecular complexity index is 888. The second-order valence-corrected chi connectivity index (χ2v) is 7.47. The van der Waals surface area contributed by atoms with Crippen LogP contribution in [0.5, 0.6) is 0 Å². The third kappa shape index (κ3) is 3.25. The number of primary amides is 2. The van der Waals surface area contributed by atoms with Crippen molar-refractivity contribution in [2.75, 3.05) is 37.7 Å². The number of epoxide rings is 1. The summed E-state index contributed by atoms with van der Waals surface area (Å²) in [5.41, 5.74) is 6.50. The molecule has 2 unspecified atom stereocenters. The van der Waals surface area contributed by atoms with Gasteiger partial charge in [-0.2, -0.15) is 0 Å². The van der Waals surface area contributed by atoms with Crippen LogP contribution >= 0.6 is 11.6 Å². The van der Waals surface area contributed by atoms with Gasteiger partial charge in [-0.1, -0.05) is 30.7 Å². The molecule has 2 fully saturated rings. The van der Waals surface area contributed by atoms with Gasteiger partial charge in [-0.05, 0) is 18.6 Å². The number of nitrogens with zero attached hydrogens (tertiary/aromatic N) is 2. The average molecular weight is 439 g/mol. The molecule has 1 aromatic carbocycles. The van der Waals surface area contributed by atoms with Crippen LogP contribution in [0.2, 0.25) is 5.02 Å². The number of halogens is 1. The van der Waals surface area contributed by atoms with Crippen molar-refractivity contribution in [3.63, 3.8) is 0 Å². The predicted molar refractivity (Wildman–Crippen MR) is 106 cm³/mol. The smallest absolute Gasteiger partial charge is 0.352 e. The molecule has 2 saturated heterocycles. The molecule has 30 heavy (non-hydrogen) atoms. The van der Waals surface area contributed by atoms with E-state index < -0.39 is 34.9 Å². The average Bonchev–Trinajstić information content (AvgIpc) is 3.45. The summed E-state index contributed by atoms with van der Waals surface area (Å²) < 4.78 is 10.1. The fourth-order valence-electron chi connectivity index (χ4n) is 3.62. The van der Waals surface area contributed by atoms with Crippen molar-refractivity contribution in [2.24, 2.45) is 11.5 Å². The third-order valence-corrected chi connectivity index (χ3v) is 5.56. The first-order chi connectivity index (χ1) is 14.2. The zero-order valence-corrected chi connectivity index (χ0v) is 17.2. The van der Waals surface area contributed by atoms with E-state index in [0.717, 1.165) is 5.69 Å². The molecule has 3 amide bonds. The Hall–Kier alpha value is -2.85. The number of anilines is 1. The lowest BCUT2D eigenvalue weighted by Gasteiger charge is -2.37. The molecule has 10 nitrogen and oxygen atoms in total. The van der Waals surface area contributed by atoms with Crippen LogP contribution in [0, 0.1) is 0 Å². The number of hydrogen-bond acceptors (Lipinski definition) is 7. The molecule has 1 aromatic rings. The van der Waals surface area contributed by atoms with Crippen molar-refractivity contribution in [1.29, 1.82) is 0 Å². The number of nitrogens with two attached hydrogens (primary N) is 2. The summed E-state index contributed by atoms with van der Waals surface area (Å²) in [5, 5.41) is 0.572. The lowest BCUT2D eigenvalue weighted by molar-refractivity contribution is -0.155. The quantitative estimate of drug-likeness (QED) is 0.328. The summed E-state index contributed by atoms with van der Waals surface area (Å²) >= 11 is 6.22. The van der Waals surface area contributed by atoms with Crippen LogP contribution in [0.15, 0.2) is 24.3 Å². The molecule has 0 aliphatic carbocycles. The monoisotopic (exact) mass is 438 g/mol. The van der Waals surface area contributed by atoms with Gasteiger partial charge >= 0.3 is 5.97 Å². The van der Waals surface area contributed by atoms with Crippen LogP contribution in [-0.4, -0.2) is 72.6 Å². The Balaban J connectivity index is 1.79. The molecule has 2 atom stereocenters. The number of para-hydroxylation sites is 1. The summed E-state index contributed by atoms with van der Waals surface area (Å²) in [6.45, 7) is 2.92.